The molecule has 1 amide bonds. The summed E-state index contributed by atoms with van der Waals surface area (Å²) >= 11 is 0. The molecule has 32 heavy (non-hydrogen) atoms. The minimum Gasteiger partial charge on any atom is -0.349 e. The van der Waals surface area contributed by atoms with Crippen LogP contribution in [0.15, 0.2) is 52.2 Å². The lowest BCUT2D eigenvalue weighted by atomic mass is 10.0. The van der Waals surface area contributed by atoms with Crippen LogP contribution in [-0.4, -0.2) is 54.9 Å². The molecule has 0 atom stereocenters. The van der Waals surface area contributed by atoms with E-state index in [2.05, 4.69) is 31.8 Å². The Bertz CT molecular complexity index is 1270. The molecule has 170 valence electrons. The molecule has 9 nitrogen and oxygen atoms in total. The zero-order valence-corrected chi connectivity index (χ0v) is 18.7. The molecule has 0 aliphatic carbocycles. The molecule has 1 aliphatic rings. The first-order valence-electron chi connectivity index (χ1n) is 10.7. The Labute approximate surface area is 186 Å². The highest BCUT2D eigenvalue weighted by molar-refractivity contribution is 7.92. The molecule has 1 saturated heterocycles. The molecule has 3 aromatic rings. The number of H-pyrrole nitrogens is 2. The van der Waals surface area contributed by atoms with E-state index in [0.717, 1.165) is 38.9 Å². The fraction of sp³-hybridized carbons (Fsp3) is 0.364. The summed E-state index contributed by atoms with van der Waals surface area (Å²) in [6.45, 7) is 5.10. The van der Waals surface area contributed by atoms with Crippen molar-refractivity contribution in [2.75, 3.05) is 24.4 Å². The number of amides is 1. The molecule has 0 radical (unpaired) electrons. The fourth-order valence-electron chi connectivity index (χ4n) is 4.03. The molecule has 1 aromatic heterocycles. The third-order valence-corrected chi connectivity index (χ3v) is 7.04. The number of carbonyl (C=O) groups is 1. The van der Waals surface area contributed by atoms with Crippen molar-refractivity contribution >= 4 is 32.7 Å². The van der Waals surface area contributed by atoms with Gasteiger partial charge in [-0.3, -0.25) is 9.52 Å². The van der Waals surface area contributed by atoms with Gasteiger partial charge < -0.3 is 20.2 Å². The lowest BCUT2D eigenvalue weighted by Crippen LogP contribution is -2.44. The van der Waals surface area contributed by atoms with E-state index in [1.165, 1.54) is 18.2 Å². The molecule has 0 bridgehead atoms. The monoisotopic (exact) mass is 457 g/mol. The molecular formula is C22H27N5O4S. The molecule has 1 fully saturated rings. The highest BCUT2D eigenvalue weighted by Crippen LogP contribution is 2.22. The number of imidazole rings is 1. The van der Waals surface area contributed by atoms with Crippen molar-refractivity contribution in [2.24, 2.45) is 0 Å². The molecule has 4 rings (SSSR count). The number of rotatable bonds is 7. The van der Waals surface area contributed by atoms with Crippen molar-refractivity contribution in [1.82, 2.24) is 20.2 Å². The Morgan fingerprint density at radius 1 is 1.09 bits per heavy atom. The summed E-state index contributed by atoms with van der Waals surface area (Å²) in [5.74, 6) is -0.303. The van der Waals surface area contributed by atoms with E-state index in [0.29, 0.717) is 11.0 Å². The van der Waals surface area contributed by atoms with E-state index in [4.69, 9.17) is 0 Å². The summed E-state index contributed by atoms with van der Waals surface area (Å²) in [6.07, 6.45) is 2.85. The Hall–Kier alpha value is -3.11. The standard InChI is InChI=1S/C22H27N5O4S/c1-2-11-27-12-9-15(10-13-27)23-21(28)17-5-3-4-6-18(17)26-32(30,31)16-7-8-19-20(14-16)25-22(29)24-19/h3-8,14-15,26H,2,9-13H2,1H3,(H,23,28)(H2,24,25,29). The number of benzene rings is 2. The van der Waals surface area contributed by atoms with Crippen LogP contribution >= 0.6 is 0 Å². The highest BCUT2D eigenvalue weighted by atomic mass is 32.2. The third-order valence-electron chi connectivity index (χ3n) is 5.68. The molecule has 0 saturated carbocycles. The van der Waals surface area contributed by atoms with Crippen molar-refractivity contribution in [3.8, 4) is 0 Å². The SMILES string of the molecule is CCCN1CCC(NC(=O)c2ccccc2NS(=O)(=O)c2ccc3[nH]c(=O)[nH]c3c2)CC1. The molecular weight excluding hydrogens is 430 g/mol. The van der Waals surface area contributed by atoms with Crippen LogP contribution in [0.4, 0.5) is 5.69 Å². The molecule has 1 aliphatic heterocycles. The van der Waals surface area contributed by atoms with E-state index in [1.807, 2.05) is 0 Å². The van der Waals surface area contributed by atoms with Gasteiger partial charge in [0.15, 0.2) is 0 Å². The number of hydrogen-bond donors (Lipinski definition) is 4. The predicted octanol–water partition coefficient (Wildman–Crippen LogP) is 2.26. The quantitative estimate of drug-likeness (QED) is 0.433. The smallest absolute Gasteiger partial charge is 0.323 e. The van der Waals surface area contributed by atoms with Crippen LogP contribution in [0.5, 0.6) is 0 Å². The predicted molar refractivity (Wildman–Crippen MR) is 123 cm³/mol. The van der Waals surface area contributed by atoms with Gasteiger partial charge in [0.05, 0.1) is 27.2 Å². The van der Waals surface area contributed by atoms with Crippen molar-refractivity contribution in [1.29, 1.82) is 0 Å². The number of nitrogens with one attached hydrogen (secondary N) is 4. The number of aromatic nitrogens is 2. The molecule has 0 spiro atoms. The summed E-state index contributed by atoms with van der Waals surface area (Å²) in [4.78, 5) is 31.9. The van der Waals surface area contributed by atoms with Crippen LogP contribution in [0.3, 0.4) is 0 Å². The number of sulfonamides is 1. The molecule has 10 heteroatoms. The van der Waals surface area contributed by atoms with Gasteiger partial charge in [-0.2, -0.15) is 0 Å². The molecule has 2 heterocycles. The largest absolute Gasteiger partial charge is 0.349 e. The lowest BCUT2D eigenvalue weighted by Gasteiger charge is -2.32. The van der Waals surface area contributed by atoms with Crippen molar-refractivity contribution in [2.45, 2.75) is 37.1 Å². The third kappa shape index (κ3) is 4.86. The number of anilines is 1. The van der Waals surface area contributed by atoms with E-state index in [9.17, 15) is 18.0 Å². The second kappa shape index (κ2) is 9.17. The summed E-state index contributed by atoms with van der Waals surface area (Å²) in [5, 5.41) is 3.05. The van der Waals surface area contributed by atoms with Crippen LogP contribution < -0.4 is 15.7 Å². The average Bonchev–Trinajstić information content (AvgIpc) is 3.14. The number of piperidine rings is 1. The van der Waals surface area contributed by atoms with Gasteiger partial charge in [0, 0.05) is 19.1 Å². The van der Waals surface area contributed by atoms with E-state index in [-0.39, 0.29) is 28.1 Å². The Morgan fingerprint density at radius 3 is 2.56 bits per heavy atom. The Balaban J connectivity index is 1.50. The van der Waals surface area contributed by atoms with Crippen LogP contribution in [-0.2, 0) is 10.0 Å². The van der Waals surface area contributed by atoms with Crippen LogP contribution in [0, 0.1) is 0 Å². The van der Waals surface area contributed by atoms with E-state index < -0.39 is 15.7 Å². The van der Waals surface area contributed by atoms with Crippen molar-refractivity contribution in [3.05, 3.63) is 58.5 Å². The summed E-state index contributed by atoms with van der Waals surface area (Å²) in [5.41, 5.74) is 0.960. The van der Waals surface area contributed by atoms with Gasteiger partial charge in [-0.1, -0.05) is 19.1 Å². The zero-order valence-electron chi connectivity index (χ0n) is 17.8. The Kier molecular flexibility index (Phi) is 6.33. The zero-order chi connectivity index (χ0) is 22.7. The van der Waals surface area contributed by atoms with Gasteiger partial charge in [0.2, 0.25) is 0 Å². The number of fused-ring (bicyclic) bond motifs is 1. The second-order valence-corrected chi connectivity index (χ2v) is 9.71. The normalized spacial score (nSPS) is 15.7. The number of hydrogen-bond acceptors (Lipinski definition) is 5. The van der Waals surface area contributed by atoms with Crippen LogP contribution in [0.25, 0.3) is 11.0 Å². The number of aromatic amines is 2. The number of likely N-dealkylation sites (tertiary alicyclic amines) is 1. The van der Waals surface area contributed by atoms with Gasteiger partial charge >= 0.3 is 5.69 Å². The van der Waals surface area contributed by atoms with Gasteiger partial charge in [0.1, 0.15) is 0 Å². The van der Waals surface area contributed by atoms with Crippen molar-refractivity contribution in [3.63, 3.8) is 0 Å². The summed E-state index contributed by atoms with van der Waals surface area (Å²) < 4.78 is 28.4. The van der Waals surface area contributed by atoms with Gasteiger partial charge in [0.25, 0.3) is 15.9 Å². The lowest BCUT2D eigenvalue weighted by molar-refractivity contribution is 0.0912. The van der Waals surface area contributed by atoms with E-state index >= 15 is 0 Å². The maximum Gasteiger partial charge on any atom is 0.323 e. The topological polar surface area (TPSA) is 127 Å². The first-order chi connectivity index (χ1) is 15.4. The van der Waals surface area contributed by atoms with Gasteiger partial charge in [-0.05, 0) is 56.1 Å². The first-order valence-corrected chi connectivity index (χ1v) is 12.2. The Morgan fingerprint density at radius 2 is 1.81 bits per heavy atom. The minimum atomic E-state index is -3.97. The van der Waals surface area contributed by atoms with Crippen LogP contribution in [0.1, 0.15) is 36.5 Å². The van der Waals surface area contributed by atoms with Gasteiger partial charge in [-0.15, -0.1) is 0 Å². The second-order valence-electron chi connectivity index (χ2n) is 8.03. The average molecular weight is 458 g/mol. The summed E-state index contributed by atoms with van der Waals surface area (Å²) in [6, 6.07) is 10.9. The van der Waals surface area contributed by atoms with E-state index in [1.54, 1.807) is 24.3 Å². The van der Waals surface area contributed by atoms with Crippen LogP contribution in [0.2, 0.25) is 0 Å². The summed E-state index contributed by atoms with van der Waals surface area (Å²) in [7, 11) is -3.97. The maximum absolute atomic E-state index is 13.0. The maximum atomic E-state index is 13.0. The van der Waals surface area contributed by atoms with Gasteiger partial charge in [-0.25, -0.2) is 13.2 Å². The minimum absolute atomic E-state index is 0.0150. The fourth-order valence-corrected chi connectivity index (χ4v) is 5.14. The van der Waals surface area contributed by atoms with Crippen molar-refractivity contribution < 1.29 is 13.2 Å². The molecule has 2 aromatic carbocycles. The number of nitrogens with zero attached hydrogens (tertiary/aromatic N) is 1. The number of para-hydroxylation sites is 1. The first kappa shape index (κ1) is 22.1. The number of carbonyl (C=O) groups excluding carboxylic acids is 1. The molecule has 0 unspecified atom stereocenters. The highest BCUT2D eigenvalue weighted by Gasteiger charge is 2.23. The molecule has 4 N–H and O–H groups in total.